The summed E-state index contributed by atoms with van der Waals surface area (Å²) in [6.07, 6.45) is 3.45. The van der Waals surface area contributed by atoms with Gasteiger partial charge in [0.1, 0.15) is 11.5 Å². The van der Waals surface area contributed by atoms with Gasteiger partial charge in [0.15, 0.2) is 0 Å². The highest BCUT2D eigenvalue weighted by Gasteiger charge is 2.26. The molecule has 4 N–H and O–H groups in total. The van der Waals surface area contributed by atoms with Gasteiger partial charge in [-0.25, -0.2) is 13.1 Å². The Morgan fingerprint density at radius 2 is 1.61 bits per heavy atom. The van der Waals surface area contributed by atoms with E-state index >= 15 is 0 Å². The van der Waals surface area contributed by atoms with Crippen LogP contribution in [-0.4, -0.2) is 26.7 Å². The number of phenols is 1. The summed E-state index contributed by atoms with van der Waals surface area (Å²) in [7, 11) is -3.66. The van der Waals surface area contributed by atoms with Gasteiger partial charge in [-0.1, -0.05) is 65.8 Å². The van der Waals surface area contributed by atoms with Gasteiger partial charge in [0.2, 0.25) is 10.0 Å². The van der Waals surface area contributed by atoms with Crippen LogP contribution in [0.15, 0.2) is 53.4 Å². The SMILES string of the molecule is CCC(C)(C)c1ccc(OCCCCNS(=O)(=O)c2ccc3c(N)c(O)ccc3c2)c(C(C)(C)CC)c1.Cl. The van der Waals surface area contributed by atoms with Crippen LogP contribution in [0.4, 0.5) is 5.69 Å². The van der Waals surface area contributed by atoms with Gasteiger partial charge < -0.3 is 15.6 Å². The molecule has 0 radical (unpaired) electrons. The van der Waals surface area contributed by atoms with E-state index in [-0.39, 0.29) is 39.6 Å². The number of benzene rings is 3. The molecule has 0 heterocycles. The smallest absolute Gasteiger partial charge is 0.240 e. The second-order valence-corrected chi connectivity index (χ2v) is 12.8. The molecule has 0 atom stereocenters. The van der Waals surface area contributed by atoms with E-state index in [4.69, 9.17) is 10.5 Å². The Bertz CT molecular complexity index is 1350. The van der Waals surface area contributed by atoms with E-state index in [9.17, 15) is 13.5 Å². The zero-order chi connectivity index (χ0) is 27.4. The van der Waals surface area contributed by atoms with Crippen molar-refractivity contribution < 1.29 is 18.3 Å². The standard InChI is InChI=1S/C30H42N2O4S.ClH/c1-7-29(3,4)22-12-16-27(25(20-22)30(5,6)8-2)36-18-10-9-17-32-37(34,35)23-13-14-24-21(19-23)11-15-26(33)28(24)31;/h11-16,19-20,32-33H,7-10,17-18,31H2,1-6H3;1H. The van der Waals surface area contributed by atoms with Crippen LogP contribution >= 0.6 is 12.4 Å². The number of fused-ring (bicyclic) bond motifs is 1. The Labute approximate surface area is 234 Å². The molecule has 0 aliphatic heterocycles. The number of rotatable bonds is 12. The van der Waals surface area contributed by atoms with Crippen LogP contribution in [0.5, 0.6) is 11.5 Å². The minimum Gasteiger partial charge on any atom is -0.506 e. The van der Waals surface area contributed by atoms with Crippen LogP contribution in [0.3, 0.4) is 0 Å². The second kappa shape index (κ2) is 12.6. The lowest BCUT2D eigenvalue weighted by Crippen LogP contribution is -2.25. The number of anilines is 1. The van der Waals surface area contributed by atoms with Crippen LogP contribution in [0, 0.1) is 0 Å². The van der Waals surface area contributed by atoms with Crippen molar-refractivity contribution in [2.24, 2.45) is 0 Å². The number of sulfonamides is 1. The maximum absolute atomic E-state index is 12.8. The summed E-state index contributed by atoms with van der Waals surface area (Å²) in [5.41, 5.74) is 8.77. The molecule has 0 aliphatic rings. The second-order valence-electron chi connectivity index (χ2n) is 11.0. The first-order chi connectivity index (χ1) is 17.3. The molecule has 6 nitrogen and oxygen atoms in total. The monoisotopic (exact) mass is 562 g/mol. The van der Waals surface area contributed by atoms with Crippen molar-refractivity contribution in [2.45, 2.75) is 83.0 Å². The average Bonchev–Trinajstić information content (AvgIpc) is 2.88. The Morgan fingerprint density at radius 3 is 2.26 bits per heavy atom. The van der Waals surface area contributed by atoms with E-state index in [2.05, 4.69) is 64.5 Å². The Balaban J connectivity index is 0.00000507. The molecule has 0 bridgehead atoms. The number of nitrogens with one attached hydrogen (secondary N) is 1. The summed E-state index contributed by atoms with van der Waals surface area (Å²) in [6, 6.07) is 14.4. The molecule has 0 unspecified atom stereocenters. The number of unbranched alkanes of at least 4 members (excludes halogenated alkanes) is 1. The minimum absolute atomic E-state index is 0. The molecule has 0 aromatic heterocycles. The van der Waals surface area contributed by atoms with Crippen molar-refractivity contribution >= 4 is 38.9 Å². The van der Waals surface area contributed by atoms with Gasteiger partial charge in [0.05, 0.1) is 17.2 Å². The number of halogens is 1. The summed E-state index contributed by atoms with van der Waals surface area (Å²) in [5.74, 6) is 0.888. The number of hydrogen-bond acceptors (Lipinski definition) is 5. The molecule has 3 aromatic rings. The predicted octanol–water partition coefficient (Wildman–Crippen LogP) is 7.06. The molecule has 0 aliphatic carbocycles. The number of ether oxygens (including phenoxy) is 1. The molecule has 0 fully saturated rings. The number of nitrogens with two attached hydrogens (primary N) is 1. The maximum Gasteiger partial charge on any atom is 0.240 e. The number of phenolic OH excluding ortho intramolecular Hbond substituents is 1. The fraction of sp³-hybridized carbons (Fsp3) is 0.467. The molecule has 0 saturated heterocycles. The van der Waals surface area contributed by atoms with E-state index in [0.717, 1.165) is 25.0 Å². The lowest BCUT2D eigenvalue weighted by molar-refractivity contribution is 0.296. The first-order valence-electron chi connectivity index (χ1n) is 13.1. The van der Waals surface area contributed by atoms with Crippen LogP contribution in [0.25, 0.3) is 10.8 Å². The molecule has 38 heavy (non-hydrogen) atoms. The lowest BCUT2D eigenvalue weighted by atomic mass is 9.76. The number of nitrogen functional groups attached to an aromatic ring is 1. The van der Waals surface area contributed by atoms with Crippen LogP contribution in [-0.2, 0) is 20.9 Å². The van der Waals surface area contributed by atoms with E-state index in [0.29, 0.717) is 30.3 Å². The molecule has 3 rings (SSSR count). The van der Waals surface area contributed by atoms with Crippen molar-refractivity contribution in [3.63, 3.8) is 0 Å². The van der Waals surface area contributed by atoms with E-state index < -0.39 is 10.0 Å². The van der Waals surface area contributed by atoms with Crippen molar-refractivity contribution in [1.82, 2.24) is 4.72 Å². The molecule has 210 valence electrons. The van der Waals surface area contributed by atoms with E-state index in [1.165, 1.54) is 23.3 Å². The summed E-state index contributed by atoms with van der Waals surface area (Å²) in [4.78, 5) is 0.169. The summed E-state index contributed by atoms with van der Waals surface area (Å²) in [5, 5.41) is 11.0. The van der Waals surface area contributed by atoms with Crippen molar-refractivity contribution in [3.05, 3.63) is 59.7 Å². The van der Waals surface area contributed by atoms with Crippen LogP contribution < -0.4 is 15.2 Å². The van der Waals surface area contributed by atoms with Crippen molar-refractivity contribution in [1.29, 1.82) is 0 Å². The van der Waals surface area contributed by atoms with Gasteiger partial charge in [0.25, 0.3) is 0 Å². The Kier molecular flexibility index (Phi) is 10.5. The highest BCUT2D eigenvalue weighted by Crippen LogP contribution is 2.38. The predicted molar refractivity (Wildman–Crippen MR) is 160 cm³/mol. The quantitative estimate of drug-likeness (QED) is 0.124. The molecule has 0 amide bonds. The summed E-state index contributed by atoms with van der Waals surface area (Å²) < 4.78 is 34.4. The zero-order valence-corrected chi connectivity index (χ0v) is 25.1. The summed E-state index contributed by atoms with van der Waals surface area (Å²) >= 11 is 0. The van der Waals surface area contributed by atoms with Gasteiger partial charge in [-0.15, -0.1) is 12.4 Å². The highest BCUT2D eigenvalue weighted by atomic mass is 35.5. The third-order valence-electron chi connectivity index (χ3n) is 7.70. The van der Waals surface area contributed by atoms with Gasteiger partial charge in [-0.2, -0.15) is 0 Å². The summed E-state index contributed by atoms with van der Waals surface area (Å²) in [6.45, 7) is 14.3. The average molecular weight is 563 g/mol. The fourth-order valence-corrected chi connectivity index (χ4v) is 5.30. The van der Waals surface area contributed by atoms with E-state index in [1.54, 1.807) is 18.2 Å². The minimum atomic E-state index is -3.66. The van der Waals surface area contributed by atoms with Gasteiger partial charge >= 0.3 is 0 Å². The molecular formula is C30H43ClN2O4S. The van der Waals surface area contributed by atoms with Gasteiger partial charge in [-0.05, 0) is 71.7 Å². The molecular weight excluding hydrogens is 520 g/mol. The van der Waals surface area contributed by atoms with E-state index in [1.807, 2.05) is 0 Å². The first kappa shape index (κ1) is 31.7. The number of hydrogen-bond donors (Lipinski definition) is 3. The van der Waals surface area contributed by atoms with Crippen molar-refractivity contribution in [3.8, 4) is 11.5 Å². The highest BCUT2D eigenvalue weighted by molar-refractivity contribution is 7.89. The van der Waals surface area contributed by atoms with Gasteiger partial charge in [-0.3, -0.25) is 0 Å². The van der Waals surface area contributed by atoms with Crippen molar-refractivity contribution in [2.75, 3.05) is 18.9 Å². The first-order valence-corrected chi connectivity index (χ1v) is 14.6. The van der Waals surface area contributed by atoms with Crippen LogP contribution in [0.2, 0.25) is 0 Å². The normalized spacial score (nSPS) is 12.4. The third kappa shape index (κ3) is 7.13. The molecule has 0 spiro atoms. The largest absolute Gasteiger partial charge is 0.506 e. The van der Waals surface area contributed by atoms with Crippen LogP contribution in [0.1, 0.15) is 78.4 Å². The fourth-order valence-electron chi connectivity index (χ4n) is 4.19. The topological polar surface area (TPSA) is 102 Å². The zero-order valence-electron chi connectivity index (χ0n) is 23.4. The maximum atomic E-state index is 12.8. The molecule has 8 heteroatoms. The molecule has 3 aromatic carbocycles. The Hall–Kier alpha value is -2.48. The lowest BCUT2D eigenvalue weighted by Gasteiger charge is -2.30. The van der Waals surface area contributed by atoms with Gasteiger partial charge in [0, 0.05) is 17.5 Å². The third-order valence-corrected chi connectivity index (χ3v) is 9.16. The Morgan fingerprint density at radius 1 is 0.921 bits per heavy atom. The number of aromatic hydroxyl groups is 1. The molecule has 0 saturated carbocycles.